The number of nitro benzene ring substituents is 1. The molecule has 9 heteroatoms. The SMILES string of the molecule is CCc1ccc(Nc2ccc(S(=O)(=O)N[C@@H](C)COC)cc2[N+](=O)[O-])cc1. The standard InChI is InChI=1S/C18H23N3O5S/c1-4-14-5-7-15(8-6-14)19-17-10-9-16(11-18(17)21(22)23)27(24,25)20-13(2)12-26-3/h5-11,13,19-20H,4,12H2,1-3H3/t13-/m0/s1. The Morgan fingerprint density at radius 2 is 1.85 bits per heavy atom. The van der Waals surface area contributed by atoms with Crippen LogP contribution in [0.25, 0.3) is 0 Å². The molecule has 2 aromatic carbocycles. The molecule has 0 heterocycles. The Morgan fingerprint density at radius 1 is 1.19 bits per heavy atom. The highest BCUT2D eigenvalue weighted by molar-refractivity contribution is 7.89. The van der Waals surface area contributed by atoms with Crippen LogP contribution < -0.4 is 10.0 Å². The highest BCUT2D eigenvalue weighted by atomic mass is 32.2. The number of hydrogen-bond donors (Lipinski definition) is 2. The van der Waals surface area contributed by atoms with Crippen molar-refractivity contribution in [1.82, 2.24) is 4.72 Å². The van der Waals surface area contributed by atoms with Gasteiger partial charge in [0.25, 0.3) is 5.69 Å². The molecule has 146 valence electrons. The smallest absolute Gasteiger partial charge is 0.294 e. The monoisotopic (exact) mass is 393 g/mol. The van der Waals surface area contributed by atoms with Gasteiger partial charge in [0, 0.05) is 24.9 Å². The zero-order chi connectivity index (χ0) is 20.0. The maximum atomic E-state index is 12.4. The van der Waals surface area contributed by atoms with Gasteiger partial charge in [-0.05, 0) is 43.2 Å². The Balaban J connectivity index is 2.31. The Hall–Kier alpha value is -2.49. The minimum absolute atomic E-state index is 0.177. The molecule has 0 saturated heterocycles. The Labute approximate surface area is 158 Å². The van der Waals surface area contributed by atoms with Crippen molar-refractivity contribution in [2.75, 3.05) is 19.0 Å². The van der Waals surface area contributed by atoms with Crippen LogP contribution in [0.5, 0.6) is 0 Å². The minimum Gasteiger partial charge on any atom is -0.383 e. The molecule has 0 fully saturated rings. The molecule has 8 nitrogen and oxygen atoms in total. The summed E-state index contributed by atoms with van der Waals surface area (Å²) in [5.41, 5.74) is 1.72. The number of hydrogen-bond acceptors (Lipinski definition) is 6. The van der Waals surface area contributed by atoms with Crippen molar-refractivity contribution >= 4 is 27.1 Å². The van der Waals surface area contributed by atoms with E-state index in [1.807, 2.05) is 31.2 Å². The zero-order valence-corrected chi connectivity index (χ0v) is 16.2. The minimum atomic E-state index is -3.90. The maximum Gasteiger partial charge on any atom is 0.294 e. The molecule has 2 N–H and O–H groups in total. The first kappa shape index (κ1) is 20.8. The molecule has 27 heavy (non-hydrogen) atoms. The fourth-order valence-corrected chi connectivity index (χ4v) is 3.78. The molecule has 2 rings (SSSR count). The van der Waals surface area contributed by atoms with Crippen LogP contribution in [0.15, 0.2) is 47.4 Å². The fraction of sp³-hybridized carbons (Fsp3) is 0.333. The van der Waals surface area contributed by atoms with Gasteiger partial charge in [-0.25, -0.2) is 13.1 Å². The van der Waals surface area contributed by atoms with E-state index in [1.165, 1.54) is 19.2 Å². The number of anilines is 2. The van der Waals surface area contributed by atoms with Crippen LogP contribution in [0.3, 0.4) is 0 Å². The lowest BCUT2D eigenvalue weighted by Gasteiger charge is -2.14. The molecule has 0 spiro atoms. The molecule has 0 amide bonds. The summed E-state index contributed by atoms with van der Waals surface area (Å²) in [6, 6.07) is 10.8. The summed E-state index contributed by atoms with van der Waals surface area (Å²) in [7, 11) is -2.44. The van der Waals surface area contributed by atoms with Crippen LogP contribution in [0.1, 0.15) is 19.4 Å². The lowest BCUT2D eigenvalue weighted by Crippen LogP contribution is -2.35. The summed E-state index contributed by atoms with van der Waals surface area (Å²) in [6.07, 6.45) is 0.890. The second-order valence-electron chi connectivity index (χ2n) is 6.09. The highest BCUT2D eigenvalue weighted by Gasteiger charge is 2.23. The normalized spacial score (nSPS) is 12.6. The molecule has 0 aliphatic carbocycles. The van der Waals surface area contributed by atoms with Gasteiger partial charge in [0.05, 0.1) is 16.4 Å². The lowest BCUT2D eigenvalue weighted by molar-refractivity contribution is -0.384. The second kappa shape index (κ2) is 8.94. The summed E-state index contributed by atoms with van der Waals surface area (Å²) >= 11 is 0. The van der Waals surface area contributed by atoms with Gasteiger partial charge in [0.2, 0.25) is 10.0 Å². The number of benzene rings is 2. The first-order valence-electron chi connectivity index (χ1n) is 8.42. The maximum absolute atomic E-state index is 12.4. The summed E-state index contributed by atoms with van der Waals surface area (Å²) in [5.74, 6) is 0. The quantitative estimate of drug-likeness (QED) is 0.500. The van der Waals surface area contributed by atoms with Crippen LogP contribution in [0, 0.1) is 10.1 Å². The molecule has 0 saturated carbocycles. The van der Waals surface area contributed by atoms with Gasteiger partial charge >= 0.3 is 0 Å². The van der Waals surface area contributed by atoms with E-state index >= 15 is 0 Å². The van der Waals surface area contributed by atoms with Crippen molar-refractivity contribution < 1.29 is 18.1 Å². The Bertz CT molecular complexity index is 898. The van der Waals surface area contributed by atoms with Crippen molar-refractivity contribution in [2.24, 2.45) is 0 Å². The molecular weight excluding hydrogens is 370 g/mol. The third-order valence-corrected chi connectivity index (χ3v) is 5.48. The van der Waals surface area contributed by atoms with E-state index in [9.17, 15) is 18.5 Å². The number of rotatable bonds is 9. The van der Waals surface area contributed by atoms with E-state index < -0.39 is 21.0 Å². The van der Waals surface area contributed by atoms with Crippen LogP contribution in [0.4, 0.5) is 17.1 Å². The van der Waals surface area contributed by atoms with Gasteiger partial charge in [0.1, 0.15) is 5.69 Å². The molecule has 0 unspecified atom stereocenters. The largest absolute Gasteiger partial charge is 0.383 e. The number of sulfonamides is 1. The topological polar surface area (TPSA) is 111 Å². The summed E-state index contributed by atoms with van der Waals surface area (Å²) in [5, 5.41) is 14.4. The molecule has 0 aliphatic heterocycles. The molecule has 1 atom stereocenters. The van der Waals surface area contributed by atoms with Gasteiger partial charge in [-0.2, -0.15) is 0 Å². The zero-order valence-electron chi connectivity index (χ0n) is 15.4. The van der Waals surface area contributed by atoms with E-state index in [0.29, 0.717) is 5.69 Å². The van der Waals surface area contributed by atoms with Crippen LogP contribution in [-0.4, -0.2) is 33.1 Å². The fourth-order valence-electron chi connectivity index (χ4n) is 2.53. The van der Waals surface area contributed by atoms with Crippen molar-refractivity contribution in [3.63, 3.8) is 0 Å². The summed E-state index contributed by atoms with van der Waals surface area (Å²) in [4.78, 5) is 10.7. The van der Waals surface area contributed by atoms with E-state index in [0.717, 1.165) is 18.1 Å². The molecule has 0 aliphatic rings. The molecule has 2 aromatic rings. The van der Waals surface area contributed by atoms with Crippen LogP contribution >= 0.6 is 0 Å². The van der Waals surface area contributed by atoms with Crippen LogP contribution in [-0.2, 0) is 21.2 Å². The van der Waals surface area contributed by atoms with E-state index in [1.54, 1.807) is 6.92 Å². The summed E-state index contributed by atoms with van der Waals surface area (Å²) < 4.78 is 32.2. The van der Waals surface area contributed by atoms with Crippen molar-refractivity contribution in [3.8, 4) is 0 Å². The molecule has 0 bridgehead atoms. The number of nitrogens with one attached hydrogen (secondary N) is 2. The average molecular weight is 393 g/mol. The van der Waals surface area contributed by atoms with Gasteiger partial charge in [-0.15, -0.1) is 0 Å². The molecule has 0 aromatic heterocycles. The second-order valence-corrected chi connectivity index (χ2v) is 7.80. The number of ether oxygens (including phenoxy) is 1. The van der Waals surface area contributed by atoms with E-state index in [2.05, 4.69) is 10.0 Å². The number of nitrogens with zero attached hydrogens (tertiary/aromatic N) is 1. The lowest BCUT2D eigenvalue weighted by atomic mass is 10.1. The third kappa shape index (κ3) is 5.49. The number of aryl methyl sites for hydroxylation is 1. The van der Waals surface area contributed by atoms with Gasteiger partial charge in [-0.1, -0.05) is 19.1 Å². The molecule has 0 radical (unpaired) electrons. The predicted octanol–water partition coefficient (Wildman–Crippen LogP) is 3.21. The van der Waals surface area contributed by atoms with Crippen LogP contribution in [0.2, 0.25) is 0 Å². The summed E-state index contributed by atoms with van der Waals surface area (Å²) in [6.45, 7) is 3.87. The van der Waals surface area contributed by atoms with Gasteiger partial charge in [0.15, 0.2) is 0 Å². The Kier molecular flexibility index (Phi) is 6.89. The molecular formula is C18H23N3O5S. The highest BCUT2D eigenvalue weighted by Crippen LogP contribution is 2.30. The third-order valence-electron chi connectivity index (χ3n) is 3.89. The number of methoxy groups -OCH3 is 1. The Morgan fingerprint density at radius 3 is 2.41 bits per heavy atom. The first-order valence-corrected chi connectivity index (χ1v) is 9.90. The first-order chi connectivity index (χ1) is 12.8. The predicted molar refractivity (Wildman–Crippen MR) is 104 cm³/mol. The van der Waals surface area contributed by atoms with Crippen molar-refractivity contribution in [1.29, 1.82) is 0 Å². The average Bonchev–Trinajstić information content (AvgIpc) is 2.62. The van der Waals surface area contributed by atoms with Crippen molar-refractivity contribution in [2.45, 2.75) is 31.2 Å². The van der Waals surface area contributed by atoms with E-state index in [-0.39, 0.29) is 22.9 Å². The van der Waals surface area contributed by atoms with Gasteiger partial charge < -0.3 is 10.1 Å². The van der Waals surface area contributed by atoms with E-state index in [4.69, 9.17) is 4.74 Å². The number of nitro groups is 1. The van der Waals surface area contributed by atoms with Gasteiger partial charge in [-0.3, -0.25) is 10.1 Å². The van der Waals surface area contributed by atoms with Crippen molar-refractivity contribution in [3.05, 3.63) is 58.1 Å².